The van der Waals surface area contributed by atoms with E-state index >= 15 is 0 Å². The van der Waals surface area contributed by atoms with Gasteiger partial charge in [0, 0.05) is 6.04 Å². The minimum atomic E-state index is -0.902. The standard InChI is InChI=1S/C12H18N2O4/c1-4-5-13-11(15)8(2)14(3)10-7-18-6-9(10)12(16)17/h1,8-10H,5-7H2,2-3H3,(H,13,15)(H,16,17). The van der Waals surface area contributed by atoms with Crippen LogP contribution >= 0.6 is 0 Å². The van der Waals surface area contributed by atoms with Crippen molar-refractivity contribution in [3.05, 3.63) is 0 Å². The van der Waals surface area contributed by atoms with Gasteiger partial charge in [0.25, 0.3) is 0 Å². The van der Waals surface area contributed by atoms with E-state index in [-0.39, 0.29) is 25.1 Å². The maximum atomic E-state index is 11.7. The summed E-state index contributed by atoms with van der Waals surface area (Å²) in [6, 6.07) is -0.749. The average Bonchev–Trinajstić information content (AvgIpc) is 2.83. The fourth-order valence-electron chi connectivity index (χ4n) is 1.94. The molecule has 2 N–H and O–H groups in total. The Morgan fingerprint density at radius 2 is 2.28 bits per heavy atom. The van der Waals surface area contributed by atoms with E-state index in [4.69, 9.17) is 16.3 Å². The van der Waals surface area contributed by atoms with Crippen LogP contribution in [0.5, 0.6) is 0 Å². The zero-order valence-corrected chi connectivity index (χ0v) is 10.5. The van der Waals surface area contributed by atoms with E-state index in [1.165, 1.54) is 0 Å². The highest BCUT2D eigenvalue weighted by Crippen LogP contribution is 2.20. The zero-order chi connectivity index (χ0) is 13.7. The van der Waals surface area contributed by atoms with Gasteiger partial charge >= 0.3 is 5.97 Å². The molecule has 1 saturated heterocycles. The van der Waals surface area contributed by atoms with E-state index < -0.39 is 17.9 Å². The highest BCUT2D eigenvalue weighted by molar-refractivity contribution is 5.81. The van der Waals surface area contributed by atoms with Crippen LogP contribution in [0, 0.1) is 18.3 Å². The third-order valence-corrected chi connectivity index (χ3v) is 3.25. The van der Waals surface area contributed by atoms with Crippen LogP contribution in [0.4, 0.5) is 0 Å². The first-order chi connectivity index (χ1) is 8.49. The summed E-state index contributed by atoms with van der Waals surface area (Å²) in [6.45, 7) is 2.38. The second kappa shape index (κ2) is 6.38. The molecule has 0 spiro atoms. The van der Waals surface area contributed by atoms with Crippen molar-refractivity contribution in [3.8, 4) is 12.3 Å². The molecule has 0 saturated carbocycles. The Balaban J connectivity index is 2.63. The van der Waals surface area contributed by atoms with Crippen molar-refractivity contribution in [2.75, 3.05) is 26.8 Å². The molecule has 1 heterocycles. The van der Waals surface area contributed by atoms with Gasteiger partial charge in [-0.15, -0.1) is 6.42 Å². The van der Waals surface area contributed by atoms with E-state index in [9.17, 15) is 9.59 Å². The Labute approximate surface area is 106 Å². The van der Waals surface area contributed by atoms with Gasteiger partial charge in [-0.25, -0.2) is 0 Å². The Hall–Kier alpha value is -1.58. The number of ether oxygens (including phenoxy) is 1. The number of hydrogen-bond donors (Lipinski definition) is 2. The number of carboxylic acid groups (broad SMARTS) is 1. The van der Waals surface area contributed by atoms with Gasteiger partial charge in [-0.3, -0.25) is 14.5 Å². The van der Waals surface area contributed by atoms with Crippen molar-refractivity contribution in [3.63, 3.8) is 0 Å². The molecule has 1 amide bonds. The quantitative estimate of drug-likeness (QED) is 0.625. The number of carbonyl (C=O) groups excluding carboxylic acids is 1. The fourth-order valence-corrected chi connectivity index (χ4v) is 1.94. The highest BCUT2D eigenvalue weighted by Gasteiger charge is 2.39. The van der Waals surface area contributed by atoms with Gasteiger partial charge in [0.15, 0.2) is 0 Å². The second-order valence-electron chi connectivity index (χ2n) is 4.31. The highest BCUT2D eigenvalue weighted by atomic mass is 16.5. The third-order valence-electron chi connectivity index (χ3n) is 3.25. The lowest BCUT2D eigenvalue weighted by molar-refractivity contribution is -0.144. The number of amides is 1. The van der Waals surface area contributed by atoms with Crippen LogP contribution in [0.2, 0.25) is 0 Å². The SMILES string of the molecule is C#CCNC(=O)C(C)N(C)C1COCC1C(=O)O. The number of hydrogen-bond acceptors (Lipinski definition) is 4. The lowest BCUT2D eigenvalue weighted by Gasteiger charge is -2.30. The van der Waals surface area contributed by atoms with Gasteiger partial charge in [-0.05, 0) is 14.0 Å². The van der Waals surface area contributed by atoms with Gasteiger partial charge in [-0.1, -0.05) is 5.92 Å². The molecular formula is C12H18N2O4. The Morgan fingerprint density at radius 1 is 1.61 bits per heavy atom. The van der Waals surface area contributed by atoms with Crippen LogP contribution in [0.3, 0.4) is 0 Å². The first kappa shape index (κ1) is 14.5. The molecule has 0 aromatic carbocycles. The van der Waals surface area contributed by atoms with E-state index in [1.807, 2.05) is 0 Å². The molecule has 3 unspecified atom stereocenters. The summed E-state index contributed by atoms with van der Waals surface area (Å²) in [7, 11) is 1.72. The number of rotatable bonds is 5. The van der Waals surface area contributed by atoms with E-state index in [1.54, 1.807) is 18.9 Å². The molecule has 0 aromatic heterocycles. The summed E-state index contributed by atoms with van der Waals surface area (Å²) >= 11 is 0. The van der Waals surface area contributed by atoms with Crippen LogP contribution in [0.1, 0.15) is 6.92 Å². The maximum Gasteiger partial charge on any atom is 0.310 e. The molecule has 1 aliphatic rings. The molecule has 3 atom stereocenters. The third kappa shape index (κ3) is 3.22. The minimum absolute atomic E-state index is 0.167. The fraction of sp³-hybridized carbons (Fsp3) is 0.667. The summed E-state index contributed by atoms with van der Waals surface area (Å²) in [4.78, 5) is 24.5. The molecule has 100 valence electrons. The van der Waals surface area contributed by atoms with Gasteiger partial charge in [0.05, 0.1) is 31.7 Å². The van der Waals surface area contributed by atoms with Crippen LogP contribution in [-0.2, 0) is 14.3 Å². The first-order valence-corrected chi connectivity index (χ1v) is 5.72. The van der Waals surface area contributed by atoms with E-state index in [0.717, 1.165) is 0 Å². The van der Waals surface area contributed by atoms with Crippen molar-refractivity contribution >= 4 is 11.9 Å². The summed E-state index contributed by atoms with van der Waals surface area (Å²) in [5.41, 5.74) is 0. The van der Waals surface area contributed by atoms with Gasteiger partial charge < -0.3 is 15.2 Å². The van der Waals surface area contributed by atoms with Crippen molar-refractivity contribution in [1.82, 2.24) is 10.2 Å². The molecule has 6 heteroatoms. The Bertz CT molecular complexity index is 364. The van der Waals surface area contributed by atoms with Crippen molar-refractivity contribution in [2.24, 2.45) is 5.92 Å². The topological polar surface area (TPSA) is 78.9 Å². The van der Waals surface area contributed by atoms with E-state index in [2.05, 4.69) is 11.2 Å². The van der Waals surface area contributed by atoms with Crippen molar-refractivity contribution in [1.29, 1.82) is 0 Å². The van der Waals surface area contributed by atoms with Crippen LogP contribution in [0.15, 0.2) is 0 Å². The first-order valence-electron chi connectivity index (χ1n) is 5.72. The molecule has 18 heavy (non-hydrogen) atoms. The average molecular weight is 254 g/mol. The Morgan fingerprint density at radius 3 is 2.83 bits per heavy atom. The molecule has 0 radical (unpaired) electrons. The summed E-state index contributed by atoms with van der Waals surface area (Å²) in [5, 5.41) is 11.6. The molecule has 0 bridgehead atoms. The molecule has 1 aliphatic heterocycles. The number of carbonyl (C=O) groups is 2. The number of nitrogens with zero attached hydrogens (tertiary/aromatic N) is 1. The number of terminal acetylenes is 1. The number of carboxylic acids is 1. The Kier molecular flexibility index (Phi) is 5.13. The van der Waals surface area contributed by atoms with Crippen LogP contribution in [-0.4, -0.2) is 60.8 Å². The lowest BCUT2D eigenvalue weighted by atomic mass is 10.0. The van der Waals surface area contributed by atoms with Gasteiger partial charge in [0.1, 0.15) is 0 Å². The number of aliphatic carboxylic acids is 1. The number of nitrogens with one attached hydrogen (secondary N) is 1. The lowest BCUT2D eigenvalue weighted by Crippen LogP contribution is -2.51. The largest absolute Gasteiger partial charge is 0.481 e. The second-order valence-corrected chi connectivity index (χ2v) is 4.31. The van der Waals surface area contributed by atoms with E-state index in [0.29, 0.717) is 6.61 Å². The minimum Gasteiger partial charge on any atom is -0.481 e. The number of likely N-dealkylation sites (N-methyl/N-ethyl adjacent to an activating group) is 1. The predicted molar refractivity (Wildman–Crippen MR) is 64.8 cm³/mol. The molecular weight excluding hydrogens is 236 g/mol. The van der Waals surface area contributed by atoms with Crippen molar-refractivity contribution < 1.29 is 19.4 Å². The molecule has 1 rings (SSSR count). The predicted octanol–water partition coefficient (Wildman–Crippen LogP) is -0.844. The smallest absolute Gasteiger partial charge is 0.310 e. The molecule has 6 nitrogen and oxygen atoms in total. The normalized spacial score (nSPS) is 24.6. The maximum absolute atomic E-state index is 11.7. The monoisotopic (exact) mass is 254 g/mol. The van der Waals surface area contributed by atoms with Gasteiger partial charge in [-0.2, -0.15) is 0 Å². The van der Waals surface area contributed by atoms with Crippen LogP contribution in [0.25, 0.3) is 0 Å². The molecule has 0 aliphatic carbocycles. The van der Waals surface area contributed by atoms with Gasteiger partial charge in [0.2, 0.25) is 5.91 Å². The summed E-state index contributed by atoms with van der Waals surface area (Å²) < 4.78 is 5.18. The van der Waals surface area contributed by atoms with Crippen molar-refractivity contribution in [2.45, 2.75) is 19.0 Å². The summed E-state index contributed by atoms with van der Waals surface area (Å²) in [5.74, 6) is 0.602. The zero-order valence-electron chi connectivity index (χ0n) is 10.5. The molecule has 0 aromatic rings. The summed E-state index contributed by atoms with van der Waals surface area (Å²) in [6.07, 6.45) is 5.06. The van der Waals surface area contributed by atoms with Crippen LogP contribution < -0.4 is 5.32 Å². The molecule has 1 fully saturated rings.